The highest BCUT2D eigenvalue weighted by Gasteiger charge is 2.30. The second-order valence-electron chi connectivity index (χ2n) is 10.8. The number of fused-ring (bicyclic) bond motifs is 1. The Balaban J connectivity index is 1.38. The highest BCUT2D eigenvalue weighted by Crippen LogP contribution is 2.40. The van der Waals surface area contributed by atoms with Gasteiger partial charge in [0.1, 0.15) is 5.00 Å². The van der Waals surface area contributed by atoms with Gasteiger partial charge in [-0.1, -0.05) is 23.9 Å². The minimum atomic E-state index is -0.589. The van der Waals surface area contributed by atoms with Gasteiger partial charge in [0.05, 0.1) is 43.9 Å². The van der Waals surface area contributed by atoms with E-state index in [1.54, 1.807) is 32.0 Å². The molecule has 0 aliphatic heterocycles. The molecule has 11 nitrogen and oxygen atoms in total. The van der Waals surface area contributed by atoms with Gasteiger partial charge in [0, 0.05) is 10.4 Å². The van der Waals surface area contributed by atoms with Crippen molar-refractivity contribution >= 4 is 45.9 Å². The molecular formula is C33H37N5O6S2. The molecule has 2 heterocycles. The van der Waals surface area contributed by atoms with Crippen LogP contribution in [0.25, 0.3) is 5.69 Å². The van der Waals surface area contributed by atoms with Crippen LogP contribution in [0.3, 0.4) is 0 Å². The van der Waals surface area contributed by atoms with Crippen LogP contribution in [0, 0.1) is 13.8 Å². The van der Waals surface area contributed by atoms with Crippen molar-refractivity contribution in [1.29, 1.82) is 0 Å². The number of thiophene rings is 1. The first-order valence-corrected chi connectivity index (χ1v) is 16.7. The van der Waals surface area contributed by atoms with Crippen molar-refractivity contribution in [3.63, 3.8) is 0 Å². The number of carbonyl (C=O) groups is 3. The summed E-state index contributed by atoms with van der Waals surface area (Å²) >= 11 is 2.69. The van der Waals surface area contributed by atoms with Crippen LogP contribution < -0.4 is 20.1 Å². The van der Waals surface area contributed by atoms with Crippen molar-refractivity contribution in [3.05, 3.63) is 74.9 Å². The number of aromatic nitrogens is 3. The number of thioether (sulfide) groups is 1. The Morgan fingerprint density at radius 3 is 2.57 bits per heavy atom. The highest BCUT2D eigenvalue weighted by atomic mass is 32.2. The molecule has 4 aromatic rings. The SMILES string of the molecule is CCOC(=O)c1c(NC(=O)[C@H](C)Sc2nnc(CNC(=O)c3ccc(OC)c(OC)c3)n2-c2cc(C)ccc2C)sc2c1CCC2. The Morgan fingerprint density at radius 1 is 1.04 bits per heavy atom. The van der Waals surface area contributed by atoms with Crippen molar-refractivity contribution in [3.8, 4) is 17.2 Å². The van der Waals surface area contributed by atoms with Crippen LogP contribution in [0.2, 0.25) is 0 Å². The first-order chi connectivity index (χ1) is 22.1. The van der Waals surface area contributed by atoms with Gasteiger partial charge in [-0.15, -0.1) is 21.5 Å². The molecule has 1 atom stereocenters. The maximum Gasteiger partial charge on any atom is 0.341 e. The monoisotopic (exact) mass is 663 g/mol. The fourth-order valence-electron chi connectivity index (χ4n) is 5.27. The molecule has 1 aliphatic rings. The fourth-order valence-corrected chi connectivity index (χ4v) is 7.43. The first kappa shape index (κ1) is 33.0. The van der Waals surface area contributed by atoms with Gasteiger partial charge < -0.3 is 24.8 Å². The van der Waals surface area contributed by atoms with E-state index in [1.807, 2.05) is 36.6 Å². The summed E-state index contributed by atoms with van der Waals surface area (Å²) in [6.45, 7) is 7.87. The minimum Gasteiger partial charge on any atom is -0.493 e. The predicted molar refractivity (Wildman–Crippen MR) is 178 cm³/mol. The highest BCUT2D eigenvalue weighted by molar-refractivity contribution is 8.00. The minimum absolute atomic E-state index is 0.0817. The molecule has 46 heavy (non-hydrogen) atoms. The number of nitrogens with zero attached hydrogens (tertiary/aromatic N) is 3. The number of hydrogen-bond donors (Lipinski definition) is 2. The number of nitrogens with one attached hydrogen (secondary N) is 2. The lowest BCUT2D eigenvalue weighted by molar-refractivity contribution is -0.115. The largest absolute Gasteiger partial charge is 0.493 e. The fraction of sp³-hybridized carbons (Fsp3) is 0.364. The van der Waals surface area contributed by atoms with E-state index in [9.17, 15) is 14.4 Å². The van der Waals surface area contributed by atoms with Crippen molar-refractivity contribution < 1.29 is 28.6 Å². The molecular weight excluding hydrogens is 627 g/mol. The van der Waals surface area contributed by atoms with E-state index in [1.165, 1.54) is 37.3 Å². The summed E-state index contributed by atoms with van der Waals surface area (Å²) in [7, 11) is 3.05. The van der Waals surface area contributed by atoms with Crippen molar-refractivity contribution in [1.82, 2.24) is 20.1 Å². The number of ether oxygens (including phenoxy) is 3. The Labute approximate surface area is 276 Å². The van der Waals surface area contributed by atoms with Crippen molar-refractivity contribution in [2.75, 3.05) is 26.1 Å². The van der Waals surface area contributed by atoms with Crippen LogP contribution in [0.5, 0.6) is 11.5 Å². The molecule has 2 amide bonds. The van der Waals surface area contributed by atoms with Crippen LogP contribution in [0.15, 0.2) is 41.6 Å². The van der Waals surface area contributed by atoms with E-state index < -0.39 is 11.2 Å². The number of amides is 2. The molecule has 2 aromatic carbocycles. The van der Waals surface area contributed by atoms with Gasteiger partial charge in [-0.05, 0) is 87.9 Å². The van der Waals surface area contributed by atoms with Crippen molar-refractivity contribution in [2.45, 2.75) is 63.9 Å². The Kier molecular flexibility index (Phi) is 10.3. The third kappa shape index (κ3) is 6.90. The molecule has 0 unspecified atom stereocenters. The van der Waals surface area contributed by atoms with E-state index in [2.05, 4.69) is 20.8 Å². The molecule has 0 saturated carbocycles. The lowest BCUT2D eigenvalue weighted by Gasteiger charge is -2.16. The van der Waals surface area contributed by atoms with Gasteiger partial charge in [0.2, 0.25) is 5.91 Å². The van der Waals surface area contributed by atoms with Crippen LogP contribution in [-0.2, 0) is 28.9 Å². The van der Waals surface area contributed by atoms with E-state index in [0.29, 0.717) is 38.6 Å². The third-order valence-corrected chi connectivity index (χ3v) is 9.90. The van der Waals surface area contributed by atoms with Gasteiger partial charge in [0.25, 0.3) is 5.91 Å². The topological polar surface area (TPSA) is 134 Å². The zero-order valence-electron chi connectivity index (χ0n) is 26.7. The summed E-state index contributed by atoms with van der Waals surface area (Å²) in [4.78, 5) is 40.6. The average Bonchev–Trinajstić information content (AvgIpc) is 3.75. The Bertz CT molecular complexity index is 1780. The molecule has 2 N–H and O–H groups in total. The lowest BCUT2D eigenvalue weighted by atomic mass is 10.1. The summed E-state index contributed by atoms with van der Waals surface area (Å²) in [5.41, 5.74) is 4.70. The van der Waals surface area contributed by atoms with Crippen LogP contribution in [0.4, 0.5) is 5.00 Å². The second kappa shape index (κ2) is 14.4. The zero-order valence-corrected chi connectivity index (χ0v) is 28.3. The smallest absolute Gasteiger partial charge is 0.341 e. The zero-order chi connectivity index (χ0) is 33.0. The first-order valence-electron chi connectivity index (χ1n) is 15.0. The molecule has 242 valence electrons. The second-order valence-corrected chi connectivity index (χ2v) is 13.2. The maximum atomic E-state index is 13.5. The molecule has 0 radical (unpaired) electrons. The molecule has 13 heteroatoms. The molecule has 1 aliphatic carbocycles. The van der Waals surface area contributed by atoms with E-state index in [0.717, 1.165) is 46.5 Å². The normalized spacial score (nSPS) is 12.7. The molecule has 0 spiro atoms. The van der Waals surface area contributed by atoms with Crippen LogP contribution in [-0.4, -0.2) is 58.6 Å². The third-order valence-electron chi connectivity index (χ3n) is 7.65. The number of methoxy groups -OCH3 is 2. The van der Waals surface area contributed by atoms with E-state index in [4.69, 9.17) is 14.2 Å². The number of benzene rings is 2. The molecule has 5 rings (SSSR count). The average molecular weight is 664 g/mol. The van der Waals surface area contributed by atoms with Gasteiger partial charge in [-0.2, -0.15) is 0 Å². The predicted octanol–water partition coefficient (Wildman–Crippen LogP) is 5.68. The summed E-state index contributed by atoms with van der Waals surface area (Å²) in [6, 6.07) is 11.0. The van der Waals surface area contributed by atoms with Crippen LogP contribution in [0.1, 0.15) is 68.4 Å². The van der Waals surface area contributed by atoms with Crippen LogP contribution >= 0.6 is 23.1 Å². The quantitative estimate of drug-likeness (QED) is 0.145. The summed E-state index contributed by atoms with van der Waals surface area (Å²) in [5, 5.41) is 15.2. The number of carbonyl (C=O) groups excluding carboxylic acids is 3. The molecule has 2 aromatic heterocycles. The number of esters is 1. The molecule has 0 fully saturated rings. The summed E-state index contributed by atoms with van der Waals surface area (Å²) in [5.74, 6) is 0.465. The van der Waals surface area contributed by atoms with E-state index in [-0.39, 0.29) is 25.0 Å². The van der Waals surface area contributed by atoms with Gasteiger partial charge >= 0.3 is 5.97 Å². The number of aryl methyl sites for hydroxylation is 3. The van der Waals surface area contributed by atoms with Gasteiger partial charge in [-0.3, -0.25) is 14.2 Å². The lowest BCUT2D eigenvalue weighted by Crippen LogP contribution is -2.25. The number of anilines is 1. The maximum absolute atomic E-state index is 13.5. The molecule has 0 bridgehead atoms. The van der Waals surface area contributed by atoms with Crippen molar-refractivity contribution in [2.24, 2.45) is 0 Å². The number of rotatable bonds is 12. The van der Waals surface area contributed by atoms with Gasteiger partial charge in [0.15, 0.2) is 22.5 Å². The van der Waals surface area contributed by atoms with Gasteiger partial charge in [-0.25, -0.2) is 4.79 Å². The summed E-state index contributed by atoms with van der Waals surface area (Å²) in [6.07, 6.45) is 2.67. The van der Waals surface area contributed by atoms with E-state index >= 15 is 0 Å². The summed E-state index contributed by atoms with van der Waals surface area (Å²) < 4.78 is 17.8. The Hall–Kier alpha value is -4.36. The Morgan fingerprint density at radius 2 is 1.83 bits per heavy atom. The number of hydrogen-bond acceptors (Lipinski definition) is 10. The standard InChI is InChI=1S/C33H37N5O6S2/c1-7-44-32(41)28-22-9-8-10-26(22)46-31(28)35-29(39)20(4)45-33-37-36-27(38(33)23-15-18(2)11-12-19(23)3)17-34-30(40)21-13-14-24(42-5)25(16-21)43-6/h11-16,20H,7-10,17H2,1-6H3,(H,34,40)(H,35,39)/t20-/m0/s1. The molecule has 0 saturated heterocycles.